The molecule has 2 fully saturated rings. The van der Waals surface area contributed by atoms with Gasteiger partial charge in [-0.3, -0.25) is 4.79 Å². The third-order valence-corrected chi connectivity index (χ3v) is 6.31. The molecule has 3 atom stereocenters. The molecule has 2 bridgehead atoms. The predicted molar refractivity (Wildman–Crippen MR) is 95.1 cm³/mol. The summed E-state index contributed by atoms with van der Waals surface area (Å²) in [7, 11) is 0. The summed E-state index contributed by atoms with van der Waals surface area (Å²) in [6, 6.07) is 0. The highest BCUT2D eigenvalue weighted by atomic mass is 16.1. The van der Waals surface area contributed by atoms with Crippen molar-refractivity contribution >= 4 is 11.7 Å². The van der Waals surface area contributed by atoms with Gasteiger partial charge in [0.05, 0.1) is 0 Å². The van der Waals surface area contributed by atoms with Gasteiger partial charge in [0.15, 0.2) is 0 Å². The number of aromatic nitrogens is 4. The second-order valence-corrected chi connectivity index (χ2v) is 7.81. The van der Waals surface area contributed by atoms with Crippen LogP contribution in [0, 0.1) is 31.6 Å². The van der Waals surface area contributed by atoms with Gasteiger partial charge in [-0.05, 0) is 69.3 Å². The Balaban J connectivity index is 1.27. The van der Waals surface area contributed by atoms with E-state index in [4.69, 9.17) is 0 Å². The Labute approximate surface area is 148 Å². The molecule has 6 heteroatoms. The van der Waals surface area contributed by atoms with Crippen molar-refractivity contribution in [1.82, 2.24) is 24.9 Å². The molecular weight excluding hydrogens is 314 g/mol. The first-order valence-electron chi connectivity index (χ1n) is 9.54. The minimum Gasteiger partial charge on any atom is -0.356 e. The largest absolute Gasteiger partial charge is 0.356 e. The molecule has 4 rings (SSSR count). The summed E-state index contributed by atoms with van der Waals surface area (Å²) in [5.74, 6) is 3.53. The highest BCUT2D eigenvalue weighted by molar-refractivity contribution is 5.76. The van der Waals surface area contributed by atoms with Gasteiger partial charge in [0.2, 0.25) is 5.91 Å². The fourth-order valence-corrected chi connectivity index (χ4v) is 4.97. The Kier molecular flexibility index (Phi) is 4.44. The lowest BCUT2D eigenvalue weighted by Gasteiger charge is -2.21. The van der Waals surface area contributed by atoms with E-state index in [-0.39, 0.29) is 5.91 Å². The van der Waals surface area contributed by atoms with Crippen molar-refractivity contribution in [1.29, 1.82) is 0 Å². The molecule has 2 aliphatic rings. The summed E-state index contributed by atoms with van der Waals surface area (Å²) in [6.07, 6.45) is 9.55. The summed E-state index contributed by atoms with van der Waals surface area (Å²) in [6.45, 7) is 4.81. The lowest BCUT2D eigenvalue weighted by molar-refractivity contribution is -0.121. The maximum Gasteiger partial charge on any atom is 0.252 e. The quantitative estimate of drug-likeness (QED) is 0.877. The van der Waals surface area contributed by atoms with Gasteiger partial charge in [-0.15, -0.1) is 0 Å². The van der Waals surface area contributed by atoms with Gasteiger partial charge >= 0.3 is 0 Å². The molecule has 0 radical (unpaired) electrons. The minimum absolute atomic E-state index is 0.139. The molecule has 3 unspecified atom stereocenters. The van der Waals surface area contributed by atoms with Crippen molar-refractivity contribution in [2.24, 2.45) is 17.8 Å². The molecule has 134 valence electrons. The van der Waals surface area contributed by atoms with Crippen LogP contribution in [0.2, 0.25) is 0 Å². The van der Waals surface area contributed by atoms with Crippen LogP contribution in [-0.4, -0.2) is 32.0 Å². The molecule has 0 saturated heterocycles. The van der Waals surface area contributed by atoms with Crippen LogP contribution < -0.4 is 5.32 Å². The van der Waals surface area contributed by atoms with E-state index in [9.17, 15) is 4.79 Å². The van der Waals surface area contributed by atoms with E-state index in [1.165, 1.54) is 32.0 Å². The van der Waals surface area contributed by atoms with Gasteiger partial charge < -0.3 is 5.32 Å². The SMILES string of the molecule is Cc1nc2ncnn2c(C)c1CCC(=O)NCCC1CC2CCC1C2. The fraction of sp³-hybridized carbons (Fsp3) is 0.684. The molecule has 25 heavy (non-hydrogen) atoms. The zero-order chi connectivity index (χ0) is 17.4. The molecule has 0 spiro atoms. The Morgan fingerprint density at radius 1 is 1.32 bits per heavy atom. The molecule has 2 saturated carbocycles. The lowest BCUT2D eigenvalue weighted by atomic mass is 9.86. The van der Waals surface area contributed by atoms with E-state index in [0.29, 0.717) is 18.6 Å². The number of hydrogen-bond acceptors (Lipinski definition) is 4. The van der Waals surface area contributed by atoms with Crippen molar-refractivity contribution < 1.29 is 4.79 Å². The Hall–Kier alpha value is -1.98. The average molecular weight is 341 g/mol. The summed E-state index contributed by atoms with van der Waals surface area (Å²) >= 11 is 0. The number of nitrogens with zero attached hydrogens (tertiary/aromatic N) is 4. The normalized spacial score (nSPS) is 25.0. The Morgan fingerprint density at radius 3 is 2.96 bits per heavy atom. The standard InChI is InChI=1S/C19H27N5O/c1-12-17(13(2)24-19(23-12)21-11-22-24)5-6-18(25)20-8-7-16-10-14-3-4-15(16)9-14/h11,14-16H,3-10H2,1-2H3,(H,20,25). The third kappa shape index (κ3) is 3.26. The van der Waals surface area contributed by atoms with E-state index in [1.54, 1.807) is 4.52 Å². The molecular formula is C19H27N5O. The maximum atomic E-state index is 12.2. The van der Waals surface area contributed by atoms with E-state index >= 15 is 0 Å². The highest BCUT2D eigenvalue weighted by Gasteiger charge is 2.38. The smallest absolute Gasteiger partial charge is 0.252 e. The zero-order valence-corrected chi connectivity index (χ0v) is 15.2. The van der Waals surface area contributed by atoms with Gasteiger partial charge in [0.25, 0.3) is 5.78 Å². The molecule has 0 aromatic carbocycles. The van der Waals surface area contributed by atoms with Crippen LogP contribution in [0.15, 0.2) is 6.33 Å². The third-order valence-electron chi connectivity index (χ3n) is 6.31. The van der Waals surface area contributed by atoms with E-state index < -0.39 is 0 Å². The Bertz CT molecular complexity index is 783. The van der Waals surface area contributed by atoms with Gasteiger partial charge in [-0.2, -0.15) is 10.1 Å². The number of carbonyl (C=O) groups excluding carboxylic acids is 1. The van der Waals surface area contributed by atoms with Crippen molar-refractivity contribution in [2.45, 2.75) is 58.8 Å². The molecule has 2 aliphatic carbocycles. The van der Waals surface area contributed by atoms with Gasteiger partial charge in [0, 0.05) is 24.4 Å². The van der Waals surface area contributed by atoms with Crippen molar-refractivity contribution in [2.75, 3.05) is 6.54 Å². The summed E-state index contributed by atoms with van der Waals surface area (Å²) in [4.78, 5) is 20.8. The minimum atomic E-state index is 0.139. The number of amides is 1. The van der Waals surface area contributed by atoms with Crippen molar-refractivity contribution in [3.8, 4) is 0 Å². The second kappa shape index (κ2) is 6.73. The monoisotopic (exact) mass is 341 g/mol. The van der Waals surface area contributed by atoms with Crippen LogP contribution in [0.4, 0.5) is 0 Å². The maximum absolute atomic E-state index is 12.2. The number of nitrogens with one attached hydrogen (secondary N) is 1. The second-order valence-electron chi connectivity index (χ2n) is 7.81. The molecule has 1 amide bonds. The van der Waals surface area contributed by atoms with Gasteiger partial charge in [-0.1, -0.05) is 6.42 Å². The number of rotatable bonds is 6. The molecule has 2 heterocycles. The number of aryl methyl sites for hydroxylation is 2. The van der Waals surface area contributed by atoms with Gasteiger partial charge in [0.1, 0.15) is 6.33 Å². The van der Waals surface area contributed by atoms with Crippen LogP contribution in [0.25, 0.3) is 5.78 Å². The van der Waals surface area contributed by atoms with Crippen LogP contribution >= 0.6 is 0 Å². The Morgan fingerprint density at radius 2 is 2.20 bits per heavy atom. The van der Waals surface area contributed by atoms with E-state index in [2.05, 4.69) is 20.4 Å². The molecule has 1 N–H and O–H groups in total. The first kappa shape index (κ1) is 16.5. The zero-order valence-electron chi connectivity index (χ0n) is 15.2. The van der Waals surface area contributed by atoms with Crippen molar-refractivity contribution in [3.63, 3.8) is 0 Å². The summed E-state index contributed by atoms with van der Waals surface area (Å²) in [5, 5.41) is 7.32. The number of carbonyl (C=O) groups is 1. The topological polar surface area (TPSA) is 72.2 Å². The van der Waals surface area contributed by atoms with Gasteiger partial charge in [-0.25, -0.2) is 9.50 Å². The fourth-order valence-electron chi connectivity index (χ4n) is 4.97. The van der Waals surface area contributed by atoms with Crippen molar-refractivity contribution in [3.05, 3.63) is 23.3 Å². The van der Waals surface area contributed by atoms with Crippen LogP contribution in [-0.2, 0) is 11.2 Å². The summed E-state index contributed by atoms with van der Waals surface area (Å²) < 4.78 is 1.75. The first-order chi connectivity index (χ1) is 12.1. The van der Waals surface area contributed by atoms with Crippen LogP contribution in [0.3, 0.4) is 0 Å². The molecule has 2 aromatic rings. The number of fused-ring (bicyclic) bond motifs is 3. The lowest BCUT2D eigenvalue weighted by Crippen LogP contribution is -2.27. The van der Waals surface area contributed by atoms with Crippen LogP contribution in [0.5, 0.6) is 0 Å². The average Bonchev–Trinajstić information content (AvgIpc) is 3.30. The molecule has 0 aliphatic heterocycles. The van der Waals surface area contributed by atoms with E-state index in [1.807, 2.05) is 13.8 Å². The van der Waals surface area contributed by atoms with Crippen LogP contribution in [0.1, 0.15) is 55.5 Å². The predicted octanol–water partition coefficient (Wildman–Crippen LogP) is 2.62. The van der Waals surface area contributed by atoms with E-state index in [0.717, 1.165) is 47.7 Å². The highest BCUT2D eigenvalue weighted by Crippen LogP contribution is 2.49. The molecule has 2 aromatic heterocycles. The first-order valence-corrected chi connectivity index (χ1v) is 9.54. The molecule has 6 nitrogen and oxygen atoms in total. The number of hydrogen-bond donors (Lipinski definition) is 1. The summed E-state index contributed by atoms with van der Waals surface area (Å²) in [5.41, 5.74) is 3.06.